The van der Waals surface area contributed by atoms with Gasteiger partial charge in [-0.15, -0.1) is 0 Å². The smallest absolute Gasteiger partial charge is 0.325 e. The first kappa shape index (κ1) is 30.4. The number of carbonyl (C=O) groups is 5. The molecule has 0 saturated heterocycles. The summed E-state index contributed by atoms with van der Waals surface area (Å²) >= 11 is 0. The third-order valence-corrected chi connectivity index (χ3v) is 4.98. The van der Waals surface area contributed by atoms with Gasteiger partial charge in [-0.25, -0.2) is 0 Å². The van der Waals surface area contributed by atoms with E-state index in [-0.39, 0.29) is 31.2 Å². The predicted octanol–water partition coefficient (Wildman–Crippen LogP) is -0.907. The van der Waals surface area contributed by atoms with Gasteiger partial charge in [-0.1, -0.05) is 26.0 Å². The summed E-state index contributed by atoms with van der Waals surface area (Å²) in [5.41, 5.74) is 6.65. The molecule has 0 bridgehead atoms. The van der Waals surface area contributed by atoms with E-state index in [0.29, 0.717) is 6.42 Å². The standard InChI is InChI=1S/C24H37N5O7/c1-5-36-21(32)13-27-24(35)19(10-14(2)3)29-20(31)12-26-22(33)15(4)28-23(34)18(25)11-16-6-8-17(30)9-7-16/h6-9,14-15,18-19,30H,5,10-13,25H2,1-4H3,(H,26,33)(H,27,35)(H,28,34)(H,29,31)/t15-,18+,19-/m0/s1. The van der Waals surface area contributed by atoms with Gasteiger partial charge in [0.25, 0.3) is 0 Å². The van der Waals surface area contributed by atoms with Crippen LogP contribution in [0, 0.1) is 5.92 Å². The van der Waals surface area contributed by atoms with Crippen LogP contribution in [0.3, 0.4) is 0 Å². The zero-order valence-corrected chi connectivity index (χ0v) is 21.1. The fourth-order valence-corrected chi connectivity index (χ4v) is 3.13. The molecule has 7 N–H and O–H groups in total. The molecule has 1 rings (SSSR count). The summed E-state index contributed by atoms with van der Waals surface area (Å²) in [6, 6.07) is 3.46. The van der Waals surface area contributed by atoms with Crippen LogP contribution in [0.5, 0.6) is 5.75 Å². The summed E-state index contributed by atoms with van der Waals surface area (Å²) < 4.78 is 4.76. The van der Waals surface area contributed by atoms with E-state index in [1.54, 1.807) is 19.1 Å². The second kappa shape index (κ2) is 15.4. The van der Waals surface area contributed by atoms with Crippen LogP contribution < -0.4 is 27.0 Å². The fourth-order valence-electron chi connectivity index (χ4n) is 3.13. The van der Waals surface area contributed by atoms with Gasteiger partial charge >= 0.3 is 5.97 Å². The SMILES string of the molecule is CCOC(=O)CNC(=O)[C@H](CC(C)C)NC(=O)CNC(=O)[C@H](C)NC(=O)[C@H](N)Cc1ccc(O)cc1. The minimum absolute atomic E-state index is 0.0688. The van der Waals surface area contributed by atoms with Gasteiger partial charge in [0, 0.05) is 0 Å². The normalized spacial score (nSPS) is 13.2. The Morgan fingerprint density at radius 2 is 1.53 bits per heavy atom. The van der Waals surface area contributed by atoms with Crippen molar-refractivity contribution in [2.75, 3.05) is 19.7 Å². The van der Waals surface area contributed by atoms with Crippen molar-refractivity contribution >= 4 is 29.6 Å². The van der Waals surface area contributed by atoms with Gasteiger partial charge in [-0.05, 0) is 50.3 Å². The number of nitrogens with two attached hydrogens (primary N) is 1. The van der Waals surface area contributed by atoms with Crippen LogP contribution in [0.4, 0.5) is 0 Å². The number of carbonyl (C=O) groups excluding carboxylic acids is 5. The van der Waals surface area contributed by atoms with Crippen LogP contribution in [-0.4, -0.2) is 72.5 Å². The van der Waals surface area contributed by atoms with Gasteiger partial charge in [-0.2, -0.15) is 0 Å². The highest BCUT2D eigenvalue weighted by atomic mass is 16.5. The summed E-state index contributed by atoms with van der Waals surface area (Å²) in [5.74, 6) is -2.74. The first-order valence-corrected chi connectivity index (χ1v) is 11.8. The maximum atomic E-state index is 12.4. The van der Waals surface area contributed by atoms with E-state index in [1.165, 1.54) is 19.1 Å². The van der Waals surface area contributed by atoms with E-state index >= 15 is 0 Å². The van der Waals surface area contributed by atoms with Crippen LogP contribution in [0.2, 0.25) is 0 Å². The van der Waals surface area contributed by atoms with Crippen molar-refractivity contribution in [2.24, 2.45) is 11.7 Å². The molecule has 4 amide bonds. The lowest BCUT2D eigenvalue weighted by Crippen LogP contribution is -2.53. The Kier molecular flexibility index (Phi) is 12.9. The van der Waals surface area contributed by atoms with Gasteiger partial charge < -0.3 is 36.8 Å². The van der Waals surface area contributed by atoms with Crippen LogP contribution >= 0.6 is 0 Å². The maximum Gasteiger partial charge on any atom is 0.325 e. The molecule has 200 valence electrons. The van der Waals surface area contributed by atoms with Crippen LogP contribution in [0.15, 0.2) is 24.3 Å². The van der Waals surface area contributed by atoms with Crippen LogP contribution in [-0.2, 0) is 35.1 Å². The Balaban J connectivity index is 2.52. The molecule has 12 nitrogen and oxygen atoms in total. The molecule has 0 aliphatic rings. The molecule has 0 aliphatic carbocycles. The molecule has 0 saturated carbocycles. The molecule has 0 heterocycles. The van der Waals surface area contributed by atoms with Crippen molar-refractivity contribution in [3.8, 4) is 5.75 Å². The summed E-state index contributed by atoms with van der Waals surface area (Å²) in [6.45, 7) is 6.28. The molecule has 1 aromatic carbocycles. The Morgan fingerprint density at radius 3 is 2.11 bits per heavy atom. The van der Waals surface area contributed by atoms with Crippen molar-refractivity contribution in [2.45, 2.75) is 58.7 Å². The Labute approximate surface area is 210 Å². The first-order chi connectivity index (χ1) is 16.9. The maximum absolute atomic E-state index is 12.4. The average molecular weight is 508 g/mol. The topological polar surface area (TPSA) is 189 Å². The number of nitrogens with one attached hydrogen (secondary N) is 4. The molecule has 1 aromatic rings. The van der Waals surface area contributed by atoms with Gasteiger partial charge in [0.15, 0.2) is 0 Å². The molecule has 0 spiro atoms. The monoisotopic (exact) mass is 507 g/mol. The highest BCUT2D eigenvalue weighted by Crippen LogP contribution is 2.11. The minimum atomic E-state index is -0.962. The fraction of sp³-hybridized carbons (Fsp3) is 0.542. The molecule has 12 heteroatoms. The lowest BCUT2D eigenvalue weighted by molar-refractivity contribution is -0.143. The van der Waals surface area contributed by atoms with Crippen molar-refractivity contribution in [3.63, 3.8) is 0 Å². The number of hydrogen-bond donors (Lipinski definition) is 6. The number of phenols is 1. The summed E-state index contributed by atoms with van der Waals surface area (Å²) in [6.07, 6.45) is 0.526. The molecule has 0 radical (unpaired) electrons. The molecule has 0 aliphatic heterocycles. The third kappa shape index (κ3) is 11.6. The Morgan fingerprint density at radius 1 is 0.917 bits per heavy atom. The third-order valence-electron chi connectivity index (χ3n) is 4.98. The lowest BCUT2D eigenvalue weighted by atomic mass is 10.0. The zero-order chi connectivity index (χ0) is 27.3. The van der Waals surface area contributed by atoms with E-state index in [1.807, 2.05) is 13.8 Å². The molecular formula is C24H37N5O7. The second-order valence-electron chi connectivity index (χ2n) is 8.70. The first-order valence-electron chi connectivity index (χ1n) is 11.8. The molecule has 0 fully saturated rings. The quantitative estimate of drug-likeness (QED) is 0.175. The summed E-state index contributed by atoms with van der Waals surface area (Å²) in [5, 5.41) is 19.2. The highest BCUT2D eigenvalue weighted by Gasteiger charge is 2.24. The number of amides is 4. The lowest BCUT2D eigenvalue weighted by Gasteiger charge is -2.21. The second-order valence-corrected chi connectivity index (χ2v) is 8.70. The number of rotatable bonds is 14. The Hall–Kier alpha value is -3.67. The van der Waals surface area contributed by atoms with E-state index < -0.39 is 54.3 Å². The number of esters is 1. The number of hydrogen-bond acceptors (Lipinski definition) is 8. The molecule has 0 aromatic heterocycles. The van der Waals surface area contributed by atoms with Crippen molar-refractivity contribution < 1.29 is 33.8 Å². The molecule has 0 unspecified atom stereocenters. The van der Waals surface area contributed by atoms with Crippen LogP contribution in [0.1, 0.15) is 39.7 Å². The van der Waals surface area contributed by atoms with Gasteiger partial charge in [0.05, 0.1) is 19.2 Å². The van der Waals surface area contributed by atoms with Gasteiger partial charge in [0.2, 0.25) is 23.6 Å². The van der Waals surface area contributed by atoms with Crippen LogP contribution in [0.25, 0.3) is 0 Å². The highest BCUT2D eigenvalue weighted by molar-refractivity contribution is 5.93. The summed E-state index contributed by atoms with van der Waals surface area (Å²) in [4.78, 5) is 60.9. The Bertz CT molecular complexity index is 905. The number of benzene rings is 1. The molecule has 36 heavy (non-hydrogen) atoms. The predicted molar refractivity (Wildman–Crippen MR) is 131 cm³/mol. The largest absolute Gasteiger partial charge is 0.508 e. The van der Waals surface area contributed by atoms with Crippen molar-refractivity contribution in [3.05, 3.63) is 29.8 Å². The van der Waals surface area contributed by atoms with E-state index in [0.717, 1.165) is 5.56 Å². The van der Waals surface area contributed by atoms with E-state index in [4.69, 9.17) is 10.5 Å². The number of phenolic OH excluding ortho intramolecular Hbond substituents is 1. The number of ether oxygens (including phenoxy) is 1. The van der Waals surface area contributed by atoms with Crippen molar-refractivity contribution in [1.29, 1.82) is 0 Å². The number of aromatic hydroxyl groups is 1. The van der Waals surface area contributed by atoms with E-state index in [2.05, 4.69) is 21.3 Å². The summed E-state index contributed by atoms with van der Waals surface area (Å²) in [7, 11) is 0. The van der Waals surface area contributed by atoms with Crippen molar-refractivity contribution in [1.82, 2.24) is 21.3 Å². The van der Waals surface area contributed by atoms with Gasteiger partial charge in [0.1, 0.15) is 24.4 Å². The van der Waals surface area contributed by atoms with Gasteiger partial charge in [-0.3, -0.25) is 24.0 Å². The van der Waals surface area contributed by atoms with E-state index in [9.17, 15) is 29.1 Å². The molecule has 3 atom stereocenters. The molecular weight excluding hydrogens is 470 g/mol. The zero-order valence-electron chi connectivity index (χ0n) is 21.1. The minimum Gasteiger partial charge on any atom is -0.508 e. The average Bonchev–Trinajstić information content (AvgIpc) is 2.81.